The number of hydrogen-bond donors (Lipinski definition) is 0. The maximum absolute atomic E-state index is 12.6. The molecule has 2 aliphatic rings. The predicted octanol–water partition coefficient (Wildman–Crippen LogP) is 2.25. The van der Waals surface area contributed by atoms with Crippen LogP contribution in [0.4, 0.5) is 0 Å². The summed E-state index contributed by atoms with van der Waals surface area (Å²) in [5.41, 5.74) is 0.820. The van der Waals surface area contributed by atoms with E-state index in [1.807, 2.05) is 0 Å². The Balaban J connectivity index is 1.23. The Hall–Kier alpha value is -3.13. The van der Waals surface area contributed by atoms with Crippen molar-refractivity contribution in [1.82, 2.24) is 9.88 Å². The molecule has 1 fully saturated rings. The molecule has 8 heteroatoms. The summed E-state index contributed by atoms with van der Waals surface area (Å²) in [5, 5.41) is 0.793. The molecule has 5 rings (SSSR count). The van der Waals surface area contributed by atoms with E-state index >= 15 is 0 Å². The van der Waals surface area contributed by atoms with Crippen LogP contribution in [0.3, 0.4) is 0 Å². The zero-order chi connectivity index (χ0) is 19.8. The van der Waals surface area contributed by atoms with Gasteiger partial charge in [-0.25, -0.2) is 9.78 Å². The number of carbonyl (C=O) groups is 1. The fourth-order valence-corrected chi connectivity index (χ4v) is 3.70. The monoisotopic (exact) mass is 396 g/mol. The highest BCUT2D eigenvalue weighted by Crippen LogP contribution is 2.29. The average molecular weight is 396 g/mol. The summed E-state index contributed by atoms with van der Waals surface area (Å²) in [4.78, 5) is 30.3. The van der Waals surface area contributed by atoms with Crippen LogP contribution in [-0.4, -0.2) is 42.2 Å². The fraction of sp³-hybridized carbons (Fsp3) is 0.381. The first-order valence-corrected chi connectivity index (χ1v) is 9.66. The van der Waals surface area contributed by atoms with Crippen molar-refractivity contribution in [2.24, 2.45) is 0 Å². The van der Waals surface area contributed by atoms with Gasteiger partial charge in [0.2, 0.25) is 0 Å². The van der Waals surface area contributed by atoms with Crippen molar-refractivity contribution >= 4 is 16.9 Å². The van der Waals surface area contributed by atoms with Crippen LogP contribution >= 0.6 is 0 Å². The highest BCUT2D eigenvalue weighted by molar-refractivity contribution is 5.79. The molecule has 3 aromatic rings. The fourth-order valence-electron chi connectivity index (χ4n) is 3.70. The molecule has 2 aliphatic heterocycles. The molecular formula is C21H20N2O6. The van der Waals surface area contributed by atoms with Crippen molar-refractivity contribution in [2.75, 3.05) is 26.4 Å². The van der Waals surface area contributed by atoms with Gasteiger partial charge in [0.25, 0.3) is 5.91 Å². The standard InChI is InChI=1S/C21H20N2O6/c24-19(12-27-15-3-1-13-2-4-20(25)28-18(13)9-15)23-7-5-17-16(10-23)22-21(29-17)14-6-8-26-11-14/h1-4,9,14H,5-8,10-12H2. The van der Waals surface area contributed by atoms with Crippen molar-refractivity contribution < 1.29 is 23.1 Å². The molecule has 29 heavy (non-hydrogen) atoms. The van der Waals surface area contributed by atoms with E-state index in [1.54, 1.807) is 29.2 Å². The van der Waals surface area contributed by atoms with E-state index < -0.39 is 5.63 Å². The quantitative estimate of drug-likeness (QED) is 0.624. The number of aromatic nitrogens is 1. The second kappa shape index (κ2) is 7.36. The highest BCUT2D eigenvalue weighted by atomic mass is 16.5. The first kappa shape index (κ1) is 17.9. The molecule has 2 aromatic heterocycles. The van der Waals surface area contributed by atoms with E-state index in [-0.39, 0.29) is 18.4 Å². The van der Waals surface area contributed by atoms with Gasteiger partial charge in [-0.1, -0.05) is 0 Å². The van der Waals surface area contributed by atoms with E-state index in [0.717, 1.165) is 35.8 Å². The molecule has 8 nitrogen and oxygen atoms in total. The van der Waals surface area contributed by atoms with Gasteiger partial charge < -0.3 is 23.2 Å². The number of ether oxygens (including phenoxy) is 2. The van der Waals surface area contributed by atoms with Crippen LogP contribution in [0.25, 0.3) is 11.0 Å². The SMILES string of the molecule is O=C(COc1ccc2ccc(=O)oc2c1)N1CCc2oc(C3CCOC3)nc2C1. The van der Waals surface area contributed by atoms with Gasteiger partial charge in [-0.05, 0) is 24.6 Å². The van der Waals surface area contributed by atoms with Crippen molar-refractivity contribution in [1.29, 1.82) is 0 Å². The molecule has 4 heterocycles. The zero-order valence-electron chi connectivity index (χ0n) is 15.8. The lowest BCUT2D eigenvalue weighted by Gasteiger charge is -2.25. The summed E-state index contributed by atoms with van der Waals surface area (Å²) in [5.74, 6) is 2.14. The third-order valence-electron chi connectivity index (χ3n) is 5.33. The minimum Gasteiger partial charge on any atom is -0.484 e. The van der Waals surface area contributed by atoms with Crippen LogP contribution in [0.5, 0.6) is 5.75 Å². The molecule has 1 atom stereocenters. The second-order valence-corrected chi connectivity index (χ2v) is 7.29. The molecule has 0 bridgehead atoms. The summed E-state index contributed by atoms with van der Waals surface area (Å²) in [6, 6.07) is 8.20. The maximum Gasteiger partial charge on any atom is 0.336 e. The average Bonchev–Trinajstić information content (AvgIpc) is 3.40. The number of carbonyl (C=O) groups excluding carboxylic acids is 1. The zero-order valence-corrected chi connectivity index (χ0v) is 15.8. The summed E-state index contributed by atoms with van der Waals surface area (Å²) in [6.07, 6.45) is 1.56. The molecule has 1 aromatic carbocycles. The molecule has 0 spiro atoms. The Morgan fingerprint density at radius 3 is 3.00 bits per heavy atom. The van der Waals surface area contributed by atoms with Gasteiger partial charge in [0.15, 0.2) is 12.5 Å². The van der Waals surface area contributed by atoms with E-state index in [4.69, 9.17) is 18.3 Å². The third-order valence-corrected chi connectivity index (χ3v) is 5.33. The van der Waals surface area contributed by atoms with Gasteiger partial charge in [0.1, 0.15) is 22.8 Å². The molecule has 0 N–H and O–H groups in total. The Morgan fingerprint density at radius 2 is 2.14 bits per heavy atom. The molecular weight excluding hydrogens is 376 g/mol. The predicted molar refractivity (Wildman–Crippen MR) is 102 cm³/mol. The van der Waals surface area contributed by atoms with Crippen molar-refractivity contribution in [3.63, 3.8) is 0 Å². The normalized spacial score (nSPS) is 18.8. The van der Waals surface area contributed by atoms with Crippen LogP contribution in [0, 0.1) is 0 Å². The van der Waals surface area contributed by atoms with Gasteiger partial charge >= 0.3 is 5.63 Å². The van der Waals surface area contributed by atoms with E-state index in [0.29, 0.717) is 37.4 Å². The van der Waals surface area contributed by atoms with Crippen LogP contribution < -0.4 is 10.4 Å². The third kappa shape index (κ3) is 3.63. The summed E-state index contributed by atoms with van der Waals surface area (Å²) >= 11 is 0. The molecule has 0 aliphatic carbocycles. The number of fused-ring (bicyclic) bond motifs is 2. The smallest absolute Gasteiger partial charge is 0.336 e. The van der Waals surface area contributed by atoms with E-state index in [1.165, 1.54) is 6.07 Å². The molecule has 0 saturated carbocycles. The van der Waals surface area contributed by atoms with Crippen LogP contribution in [0.15, 0.2) is 44.0 Å². The Morgan fingerprint density at radius 1 is 1.24 bits per heavy atom. The first-order chi connectivity index (χ1) is 14.2. The molecule has 1 amide bonds. The lowest BCUT2D eigenvalue weighted by molar-refractivity contribution is -0.134. The number of amides is 1. The van der Waals surface area contributed by atoms with Crippen LogP contribution in [0.1, 0.15) is 29.7 Å². The van der Waals surface area contributed by atoms with E-state index in [2.05, 4.69) is 4.98 Å². The molecule has 150 valence electrons. The number of nitrogens with zero attached hydrogens (tertiary/aromatic N) is 2. The van der Waals surface area contributed by atoms with Gasteiger partial charge in [0.05, 0.1) is 19.1 Å². The van der Waals surface area contributed by atoms with Crippen molar-refractivity contribution in [3.05, 3.63) is 58.1 Å². The largest absolute Gasteiger partial charge is 0.484 e. The van der Waals surface area contributed by atoms with Crippen molar-refractivity contribution in [3.8, 4) is 5.75 Å². The molecule has 1 saturated heterocycles. The topological polar surface area (TPSA) is 95.0 Å². The first-order valence-electron chi connectivity index (χ1n) is 9.66. The Labute approximate surface area is 166 Å². The number of hydrogen-bond acceptors (Lipinski definition) is 7. The second-order valence-electron chi connectivity index (χ2n) is 7.29. The van der Waals surface area contributed by atoms with E-state index in [9.17, 15) is 9.59 Å². The molecule has 1 unspecified atom stereocenters. The highest BCUT2D eigenvalue weighted by Gasteiger charge is 2.29. The van der Waals surface area contributed by atoms with Crippen molar-refractivity contribution in [2.45, 2.75) is 25.3 Å². The van der Waals surface area contributed by atoms with Gasteiger partial charge in [-0.15, -0.1) is 0 Å². The number of oxazole rings is 1. The Kier molecular flexibility index (Phi) is 4.55. The number of benzene rings is 1. The Bertz CT molecular complexity index is 1110. The molecule has 0 radical (unpaired) electrons. The summed E-state index contributed by atoms with van der Waals surface area (Å²) in [6.45, 7) is 2.26. The number of rotatable bonds is 4. The summed E-state index contributed by atoms with van der Waals surface area (Å²) in [7, 11) is 0. The summed E-state index contributed by atoms with van der Waals surface area (Å²) < 4.78 is 22.1. The minimum atomic E-state index is -0.425. The van der Waals surface area contributed by atoms with Crippen LogP contribution in [-0.2, 0) is 22.5 Å². The van der Waals surface area contributed by atoms with Gasteiger partial charge in [-0.3, -0.25) is 4.79 Å². The van der Waals surface area contributed by atoms with Crippen LogP contribution in [0.2, 0.25) is 0 Å². The van der Waals surface area contributed by atoms with Gasteiger partial charge in [-0.2, -0.15) is 0 Å². The lowest BCUT2D eigenvalue weighted by Crippen LogP contribution is -2.38. The lowest BCUT2D eigenvalue weighted by atomic mass is 10.1. The maximum atomic E-state index is 12.6. The minimum absolute atomic E-state index is 0.0981. The van der Waals surface area contributed by atoms with Gasteiger partial charge in [0, 0.05) is 37.1 Å².